The Labute approximate surface area is 159 Å². The molecular formula is C20H13Cl2NO3. The van der Waals surface area contributed by atoms with E-state index in [1.165, 1.54) is 0 Å². The normalized spacial score (nSPS) is 29.2. The Balaban J connectivity index is 1.66. The van der Waals surface area contributed by atoms with Gasteiger partial charge in [0.1, 0.15) is 5.78 Å². The van der Waals surface area contributed by atoms with Gasteiger partial charge in [-0.3, -0.25) is 14.4 Å². The number of fused-ring (bicyclic) bond motifs is 1. The van der Waals surface area contributed by atoms with Gasteiger partial charge in [-0.05, 0) is 29.3 Å². The third-order valence-electron chi connectivity index (χ3n) is 5.79. The molecular weight excluding hydrogens is 373 g/mol. The Bertz CT molecular complexity index is 982. The molecule has 2 aromatic rings. The number of rotatable bonds is 1. The molecule has 26 heavy (non-hydrogen) atoms. The number of amides is 2. The number of halogens is 2. The SMILES string of the molecule is O=C1C[C@H]2c3ccccc3[C@@H]1[C@H]1C(=O)N(c3cc(Cl)cc(Cl)c3)C(=O)[C@@H]12. The molecule has 6 rings (SSSR count). The molecule has 0 radical (unpaired) electrons. The Hall–Kier alpha value is -2.17. The van der Waals surface area contributed by atoms with Crippen molar-refractivity contribution in [1.29, 1.82) is 0 Å². The van der Waals surface area contributed by atoms with Gasteiger partial charge in [0.15, 0.2) is 0 Å². The van der Waals surface area contributed by atoms with E-state index < -0.39 is 17.8 Å². The molecule has 1 aliphatic heterocycles. The van der Waals surface area contributed by atoms with Crippen molar-refractivity contribution in [2.24, 2.45) is 11.8 Å². The lowest BCUT2D eigenvalue weighted by Crippen LogP contribution is -2.44. The van der Waals surface area contributed by atoms with Gasteiger partial charge in [-0.1, -0.05) is 47.5 Å². The number of carbonyl (C=O) groups is 3. The first-order chi connectivity index (χ1) is 12.5. The van der Waals surface area contributed by atoms with Gasteiger partial charge in [0, 0.05) is 22.4 Å². The van der Waals surface area contributed by atoms with Gasteiger partial charge in [-0.15, -0.1) is 0 Å². The summed E-state index contributed by atoms with van der Waals surface area (Å²) >= 11 is 12.1. The fourth-order valence-corrected chi connectivity index (χ4v) is 5.40. The third-order valence-corrected chi connectivity index (χ3v) is 6.23. The van der Waals surface area contributed by atoms with E-state index in [4.69, 9.17) is 23.2 Å². The quantitative estimate of drug-likeness (QED) is 0.698. The molecule has 2 bridgehead atoms. The van der Waals surface area contributed by atoms with Crippen LogP contribution in [0.2, 0.25) is 10.0 Å². The lowest BCUT2D eigenvalue weighted by atomic mass is 9.56. The van der Waals surface area contributed by atoms with E-state index in [9.17, 15) is 14.4 Å². The number of carbonyl (C=O) groups excluding carboxylic acids is 3. The maximum atomic E-state index is 13.2. The average molecular weight is 386 g/mol. The van der Waals surface area contributed by atoms with Crippen molar-refractivity contribution < 1.29 is 14.4 Å². The summed E-state index contributed by atoms with van der Waals surface area (Å²) in [6, 6.07) is 12.3. The van der Waals surface area contributed by atoms with E-state index in [2.05, 4.69) is 0 Å². The number of hydrogen-bond acceptors (Lipinski definition) is 3. The minimum absolute atomic E-state index is 0.0436. The van der Waals surface area contributed by atoms with Gasteiger partial charge < -0.3 is 0 Å². The van der Waals surface area contributed by atoms with Crippen LogP contribution < -0.4 is 4.90 Å². The second-order valence-corrected chi connectivity index (χ2v) is 7.95. The number of nitrogens with zero attached hydrogens (tertiary/aromatic N) is 1. The average Bonchev–Trinajstić information content (AvgIpc) is 2.86. The third kappa shape index (κ3) is 2.00. The highest BCUT2D eigenvalue weighted by molar-refractivity contribution is 6.36. The topological polar surface area (TPSA) is 54.5 Å². The van der Waals surface area contributed by atoms with Crippen LogP contribution in [-0.2, 0) is 14.4 Å². The Morgan fingerprint density at radius 2 is 1.46 bits per heavy atom. The lowest BCUT2D eigenvalue weighted by molar-refractivity contribution is -0.134. The van der Waals surface area contributed by atoms with Crippen LogP contribution in [0.15, 0.2) is 42.5 Å². The number of benzene rings is 2. The molecule has 2 amide bonds. The summed E-state index contributed by atoms with van der Waals surface area (Å²) < 4.78 is 0. The number of Topliss-reactive ketones (excluding diaryl/α,β-unsaturated/α-hetero) is 1. The minimum atomic E-state index is -0.638. The Kier molecular flexibility index (Phi) is 3.34. The summed E-state index contributed by atoms with van der Waals surface area (Å²) in [6.45, 7) is 0. The maximum Gasteiger partial charge on any atom is 0.238 e. The van der Waals surface area contributed by atoms with Crippen LogP contribution in [0.1, 0.15) is 29.4 Å². The number of hydrogen-bond donors (Lipinski definition) is 0. The second kappa shape index (κ2) is 5.41. The number of ketones is 1. The van der Waals surface area contributed by atoms with E-state index in [0.717, 1.165) is 16.0 Å². The highest BCUT2D eigenvalue weighted by atomic mass is 35.5. The summed E-state index contributed by atoms with van der Waals surface area (Å²) in [5, 5.41) is 0.704. The first-order valence-corrected chi connectivity index (χ1v) is 9.18. The molecule has 0 N–H and O–H groups in total. The molecule has 2 aromatic carbocycles. The molecule has 0 aromatic heterocycles. The van der Waals surface area contributed by atoms with Gasteiger partial charge in [-0.2, -0.15) is 0 Å². The van der Waals surface area contributed by atoms with Crippen molar-refractivity contribution in [2.45, 2.75) is 18.3 Å². The van der Waals surface area contributed by atoms with Crippen molar-refractivity contribution in [3.63, 3.8) is 0 Å². The molecule has 4 aliphatic rings. The van der Waals surface area contributed by atoms with E-state index >= 15 is 0 Å². The van der Waals surface area contributed by atoms with Crippen LogP contribution in [0.4, 0.5) is 5.69 Å². The first-order valence-electron chi connectivity index (χ1n) is 8.43. The standard InChI is InChI=1S/C20H13Cl2NO3/c21-9-5-10(22)7-11(6-9)23-19(25)17-14-8-15(24)16(18(17)20(23)26)13-4-2-1-3-12(13)14/h1-7,14,16-18H,8H2/t14-,16-,17+,18+/m0/s1. The van der Waals surface area contributed by atoms with Crippen LogP contribution in [0.25, 0.3) is 0 Å². The van der Waals surface area contributed by atoms with Crippen molar-refractivity contribution in [2.75, 3.05) is 4.90 Å². The highest BCUT2D eigenvalue weighted by Gasteiger charge is 2.62. The molecule has 4 nitrogen and oxygen atoms in total. The minimum Gasteiger partial charge on any atom is -0.299 e. The van der Waals surface area contributed by atoms with Crippen molar-refractivity contribution in [1.82, 2.24) is 0 Å². The van der Waals surface area contributed by atoms with Crippen molar-refractivity contribution >= 4 is 46.5 Å². The maximum absolute atomic E-state index is 13.2. The molecule has 0 spiro atoms. The van der Waals surface area contributed by atoms with E-state index in [1.807, 2.05) is 24.3 Å². The van der Waals surface area contributed by atoms with Crippen LogP contribution >= 0.6 is 23.2 Å². The molecule has 0 unspecified atom stereocenters. The summed E-state index contributed by atoms with van der Waals surface area (Å²) in [4.78, 5) is 40.2. The van der Waals surface area contributed by atoms with Crippen molar-refractivity contribution in [3.05, 3.63) is 63.6 Å². The van der Waals surface area contributed by atoms with Crippen molar-refractivity contribution in [3.8, 4) is 0 Å². The van der Waals surface area contributed by atoms with E-state index in [0.29, 0.717) is 22.2 Å². The molecule has 130 valence electrons. The van der Waals surface area contributed by atoms with E-state index in [-0.39, 0.29) is 23.5 Å². The molecule has 1 saturated carbocycles. The molecule has 6 heteroatoms. The zero-order chi connectivity index (χ0) is 18.2. The molecule has 3 aliphatic carbocycles. The van der Waals surface area contributed by atoms with Gasteiger partial charge in [0.05, 0.1) is 23.4 Å². The molecule has 1 saturated heterocycles. The first kappa shape index (κ1) is 16.0. The van der Waals surface area contributed by atoms with Gasteiger partial charge in [0.25, 0.3) is 0 Å². The smallest absolute Gasteiger partial charge is 0.238 e. The van der Waals surface area contributed by atoms with Gasteiger partial charge in [0.2, 0.25) is 11.8 Å². The summed E-state index contributed by atoms with van der Waals surface area (Å²) in [5.41, 5.74) is 2.27. The molecule has 2 fully saturated rings. The summed E-state index contributed by atoms with van der Waals surface area (Å²) in [7, 11) is 0. The van der Waals surface area contributed by atoms with Gasteiger partial charge >= 0.3 is 0 Å². The van der Waals surface area contributed by atoms with E-state index in [1.54, 1.807) is 18.2 Å². The summed E-state index contributed by atoms with van der Waals surface area (Å²) in [6.07, 6.45) is 0.312. The molecule has 1 heterocycles. The zero-order valence-corrected chi connectivity index (χ0v) is 15.0. The fraction of sp³-hybridized carbons (Fsp3) is 0.250. The van der Waals surface area contributed by atoms with Gasteiger partial charge in [-0.25, -0.2) is 4.90 Å². The monoisotopic (exact) mass is 385 g/mol. The predicted octanol–water partition coefficient (Wildman–Crippen LogP) is 3.95. The fourth-order valence-electron chi connectivity index (χ4n) is 4.88. The number of imide groups is 1. The second-order valence-electron chi connectivity index (χ2n) is 7.07. The van der Waals surface area contributed by atoms with Crippen LogP contribution in [0, 0.1) is 11.8 Å². The van der Waals surface area contributed by atoms with Crippen LogP contribution in [-0.4, -0.2) is 17.6 Å². The predicted molar refractivity (Wildman–Crippen MR) is 97.5 cm³/mol. The Morgan fingerprint density at radius 1 is 0.846 bits per heavy atom. The molecule has 4 atom stereocenters. The summed E-state index contributed by atoms with van der Waals surface area (Å²) in [5.74, 6) is -2.49. The Morgan fingerprint density at radius 3 is 2.15 bits per heavy atom. The zero-order valence-electron chi connectivity index (χ0n) is 13.5. The van der Waals surface area contributed by atoms with Crippen LogP contribution in [0.3, 0.4) is 0 Å². The largest absolute Gasteiger partial charge is 0.299 e. The number of anilines is 1. The lowest BCUT2D eigenvalue weighted by Gasteiger charge is -2.43. The van der Waals surface area contributed by atoms with Crippen LogP contribution in [0.5, 0.6) is 0 Å². The highest BCUT2D eigenvalue weighted by Crippen LogP contribution is 2.57.